The largest absolute Gasteiger partial charge is 0.507 e. The first-order chi connectivity index (χ1) is 22.8. The average Bonchev–Trinajstić information content (AvgIpc) is 3.65. The smallest absolute Gasteiger partial charge is 0.301 e. The molecular formula is C36H30FN3O5S2. The van der Waals surface area contributed by atoms with E-state index < -0.39 is 17.7 Å². The van der Waals surface area contributed by atoms with Gasteiger partial charge < -0.3 is 14.6 Å². The van der Waals surface area contributed by atoms with Gasteiger partial charge in [-0.3, -0.25) is 14.5 Å². The lowest BCUT2D eigenvalue weighted by Gasteiger charge is -2.22. The molecule has 238 valence electrons. The van der Waals surface area contributed by atoms with Crippen LogP contribution in [0.25, 0.3) is 5.76 Å². The van der Waals surface area contributed by atoms with Gasteiger partial charge >= 0.3 is 5.91 Å². The van der Waals surface area contributed by atoms with Gasteiger partial charge in [-0.15, -0.1) is 10.2 Å². The van der Waals surface area contributed by atoms with Crippen molar-refractivity contribution in [1.29, 1.82) is 0 Å². The molecule has 1 aliphatic heterocycles. The third kappa shape index (κ3) is 7.06. The number of benzene rings is 4. The van der Waals surface area contributed by atoms with Gasteiger partial charge in [0.15, 0.2) is 4.34 Å². The van der Waals surface area contributed by atoms with E-state index in [2.05, 4.69) is 10.2 Å². The summed E-state index contributed by atoms with van der Waals surface area (Å²) in [5, 5.41) is 20.2. The van der Waals surface area contributed by atoms with E-state index in [4.69, 9.17) is 9.47 Å². The zero-order valence-corrected chi connectivity index (χ0v) is 27.2. The van der Waals surface area contributed by atoms with Gasteiger partial charge in [-0.1, -0.05) is 83.3 Å². The Hall–Kier alpha value is -5.00. The molecule has 8 nitrogen and oxygen atoms in total. The monoisotopic (exact) mass is 667 g/mol. The number of aryl methyl sites for hydroxylation is 1. The third-order valence-corrected chi connectivity index (χ3v) is 9.58. The van der Waals surface area contributed by atoms with Gasteiger partial charge in [0.25, 0.3) is 5.78 Å². The van der Waals surface area contributed by atoms with Gasteiger partial charge in [0.2, 0.25) is 5.13 Å². The molecule has 6 rings (SSSR count). The van der Waals surface area contributed by atoms with E-state index in [9.17, 15) is 19.1 Å². The van der Waals surface area contributed by atoms with Crippen LogP contribution in [0, 0.1) is 12.7 Å². The van der Waals surface area contributed by atoms with Crippen LogP contribution in [0.3, 0.4) is 0 Å². The first-order valence-electron chi connectivity index (χ1n) is 14.8. The Morgan fingerprint density at radius 1 is 0.936 bits per heavy atom. The Bertz CT molecular complexity index is 1940. The van der Waals surface area contributed by atoms with Crippen LogP contribution in [0.4, 0.5) is 9.52 Å². The molecule has 0 radical (unpaired) electrons. The second kappa shape index (κ2) is 14.2. The number of thioether (sulfide) groups is 1. The van der Waals surface area contributed by atoms with Gasteiger partial charge in [0.05, 0.1) is 18.2 Å². The number of Topliss-reactive ketones (excluding diaryl/α,β-unsaturated/α-hetero) is 1. The fraction of sp³-hybridized carbons (Fsp3) is 0.167. The number of aliphatic hydroxyl groups is 1. The molecule has 1 atom stereocenters. The molecule has 2 heterocycles. The fourth-order valence-corrected chi connectivity index (χ4v) is 7.06. The molecule has 0 saturated carbocycles. The normalized spacial score (nSPS) is 15.6. The predicted octanol–water partition coefficient (Wildman–Crippen LogP) is 7.88. The number of aliphatic hydroxyl groups excluding tert-OH is 1. The number of aromatic nitrogens is 2. The Kier molecular flexibility index (Phi) is 9.65. The summed E-state index contributed by atoms with van der Waals surface area (Å²) in [7, 11) is 0. The Labute approximate surface area is 279 Å². The molecule has 0 spiro atoms. The van der Waals surface area contributed by atoms with E-state index in [-0.39, 0.29) is 22.3 Å². The minimum absolute atomic E-state index is 0.0802. The second-order valence-electron chi connectivity index (χ2n) is 10.7. The van der Waals surface area contributed by atoms with E-state index in [1.54, 1.807) is 66.7 Å². The molecule has 5 aromatic rings. The molecule has 0 aliphatic carbocycles. The molecule has 1 fully saturated rings. The summed E-state index contributed by atoms with van der Waals surface area (Å²) in [6, 6.07) is 27.2. The summed E-state index contributed by atoms with van der Waals surface area (Å²) in [5.41, 5.74) is 3.51. The number of nitrogens with zero attached hydrogens (tertiary/aromatic N) is 3. The van der Waals surface area contributed by atoms with Crippen molar-refractivity contribution in [2.75, 3.05) is 11.5 Å². The number of halogens is 1. The molecule has 1 aromatic heterocycles. The van der Waals surface area contributed by atoms with Gasteiger partial charge in [-0.25, -0.2) is 4.39 Å². The molecule has 1 N–H and O–H groups in total. The molecule has 11 heteroatoms. The zero-order chi connectivity index (χ0) is 32.9. The maximum Gasteiger partial charge on any atom is 0.301 e. The highest BCUT2D eigenvalue weighted by Crippen LogP contribution is 2.44. The zero-order valence-electron chi connectivity index (χ0n) is 25.6. The minimum Gasteiger partial charge on any atom is -0.507 e. The lowest BCUT2D eigenvalue weighted by Crippen LogP contribution is -2.29. The maximum absolute atomic E-state index is 14.2. The standard InChI is InChI=1S/C36H30FN3O5S2/c1-3-44-27-15-11-24(12-16-27)31-30(32(41)25-13-17-28(18-14-25)45-20-23-8-6-7-22(2)19-23)33(42)34(43)40(31)35-38-39-36(47-35)46-21-26-9-4-5-10-29(26)37/h4-19,31,41H,3,20-21H2,1-2H3/b32-30+. The molecule has 1 amide bonds. The fourth-order valence-electron chi connectivity index (χ4n) is 5.20. The number of carbonyl (C=O) groups excluding carboxylic acids is 2. The number of hydrogen-bond acceptors (Lipinski definition) is 9. The van der Waals surface area contributed by atoms with E-state index in [0.717, 1.165) is 22.5 Å². The van der Waals surface area contributed by atoms with Crippen molar-refractivity contribution in [3.05, 3.63) is 136 Å². The molecule has 0 bridgehead atoms. The number of ketones is 1. The summed E-state index contributed by atoms with van der Waals surface area (Å²) >= 11 is 2.39. The lowest BCUT2D eigenvalue weighted by atomic mass is 9.95. The van der Waals surface area contributed by atoms with E-state index in [1.165, 1.54) is 22.7 Å². The third-order valence-electron chi connectivity index (χ3n) is 7.48. The van der Waals surface area contributed by atoms with E-state index in [0.29, 0.717) is 51.5 Å². The highest BCUT2D eigenvalue weighted by atomic mass is 32.2. The minimum atomic E-state index is -0.986. The summed E-state index contributed by atoms with van der Waals surface area (Å²) in [5.74, 6) is -0.821. The van der Waals surface area contributed by atoms with Crippen molar-refractivity contribution >= 4 is 45.7 Å². The molecular weight excluding hydrogens is 638 g/mol. The second-order valence-corrected chi connectivity index (χ2v) is 12.9. The number of carbonyl (C=O) groups is 2. The summed E-state index contributed by atoms with van der Waals surface area (Å²) < 4.78 is 26.2. The topological polar surface area (TPSA) is 102 Å². The van der Waals surface area contributed by atoms with Crippen LogP contribution in [0.1, 0.15) is 40.8 Å². The van der Waals surface area contributed by atoms with Crippen LogP contribution >= 0.6 is 23.1 Å². The number of ether oxygens (including phenoxy) is 2. The van der Waals surface area contributed by atoms with Crippen molar-refractivity contribution in [3.63, 3.8) is 0 Å². The van der Waals surface area contributed by atoms with Crippen LogP contribution in [0.15, 0.2) is 107 Å². The lowest BCUT2D eigenvalue weighted by molar-refractivity contribution is -0.132. The Morgan fingerprint density at radius 3 is 2.38 bits per heavy atom. The van der Waals surface area contributed by atoms with Gasteiger partial charge in [0, 0.05) is 11.3 Å². The number of anilines is 1. The molecule has 1 unspecified atom stereocenters. The number of rotatable bonds is 11. The van der Waals surface area contributed by atoms with Crippen molar-refractivity contribution < 1.29 is 28.6 Å². The first kappa shape index (κ1) is 32.0. The molecule has 4 aromatic carbocycles. The van der Waals surface area contributed by atoms with Gasteiger partial charge in [-0.2, -0.15) is 0 Å². The van der Waals surface area contributed by atoms with Crippen molar-refractivity contribution in [3.8, 4) is 11.5 Å². The quantitative estimate of drug-likeness (QED) is 0.0499. The Balaban J connectivity index is 1.31. The Morgan fingerprint density at radius 2 is 1.66 bits per heavy atom. The summed E-state index contributed by atoms with van der Waals surface area (Å²) in [6.07, 6.45) is 0. The predicted molar refractivity (Wildman–Crippen MR) is 180 cm³/mol. The van der Waals surface area contributed by atoms with Crippen LogP contribution in [0.5, 0.6) is 11.5 Å². The van der Waals surface area contributed by atoms with E-state index in [1.807, 2.05) is 38.1 Å². The number of amides is 1. The molecule has 1 aliphatic rings. The molecule has 1 saturated heterocycles. The van der Waals surface area contributed by atoms with Crippen molar-refractivity contribution in [1.82, 2.24) is 10.2 Å². The summed E-state index contributed by atoms with van der Waals surface area (Å²) in [4.78, 5) is 28.5. The first-order valence-corrected chi connectivity index (χ1v) is 16.6. The highest BCUT2D eigenvalue weighted by molar-refractivity contribution is 8.00. The average molecular weight is 668 g/mol. The number of hydrogen-bond donors (Lipinski definition) is 1. The van der Waals surface area contributed by atoms with E-state index >= 15 is 0 Å². The summed E-state index contributed by atoms with van der Waals surface area (Å²) in [6.45, 7) is 4.74. The van der Waals surface area contributed by atoms with Gasteiger partial charge in [-0.05, 0) is 73.0 Å². The highest BCUT2D eigenvalue weighted by Gasteiger charge is 2.48. The van der Waals surface area contributed by atoms with Crippen LogP contribution < -0.4 is 14.4 Å². The maximum atomic E-state index is 14.2. The SMILES string of the molecule is CCOc1ccc(C2/C(=C(\O)c3ccc(OCc4cccc(C)c4)cc3)C(=O)C(=O)N2c2nnc(SCc3ccccc3F)s2)cc1. The molecule has 47 heavy (non-hydrogen) atoms. The van der Waals surface area contributed by atoms with Crippen molar-refractivity contribution in [2.45, 2.75) is 36.6 Å². The van der Waals surface area contributed by atoms with Gasteiger partial charge in [0.1, 0.15) is 29.7 Å². The van der Waals surface area contributed by atoms with Crippen molar-refractivity contribution in [2.24, 2.45) is 0 Å². The van der Waals surface area contributed by atoms with Crippen LogP contribution in [-0.2, 0) is 21.9 Å². The van der Waals surface area contributed by atoms with Crippen LogP contribution in [-0.4, -0.2) is 33.6 Å². The van der Waals surface area contributed by atoms with Crippen LogP contribution in [0.2, 0.25) is 0 Å².